The van der Waals surface area contributed by atoms with E-state index in [-0.39, 0.29) is 0 Å². The van der Waals surface area contributed by atoms with Gasteiger partial charge in [-0.1, -0.05) is 54.1 Å². The molecule has 1 aliphatic rings. The summed E-state index contributed by atoms with van der Waals surface area (Å²) in [7, 11) is 0. The van der Waals surface area contributed by atoms with Crippen molar-refractivity contribution >= 4 is 21.7 Å². The fraction of sp³-hybridized carbons (Fsp3) is 0.533. The molecular weight excluding hydrogens is 276 g/mol. The Labute approximate surface area is 112 Å². The molecule has 1 aromatic carbocycles. The van der Waals surface area contributed by atoms with Gasteiger partial charge in [0, 0.05) is 16.5 Å². The summed E-state index contributed by atoms with van der Waals surface area (Å²) < 4.78 is 0.995. The van der Waals surface area contributed by atoms with Crippen LogP contribution >= 0.6 is 15.9 Å². The first-order chi connectivity index (χ1) is 8.16. The zero-order valence-electron chi connectivity index (χ0n) is 10.3. The predicted molar refractivity (Wildman–Crippen MR) is 74.4 cm³/mol. The molecule has 0 aliphatic heterocycles. The van der Waals surface area contributed by atoms with Crippen molar-refractivity contribution in [2.45, 2.75) is 45.4 Å². The molecule has 1 fully saturated rings. The van der Waals surface area contributed by atoms with E-state index in [0.717, 1.165) is 22.0 Å². The zero-order chi connectivity index (χ0) is 12.3. The minimum atomic E-state index is 0.315. The van der Waals surface area contributed by atoms with Crippen LogP contribution in [0, 0.1) is 12.8 Å². The molecule has 0 N–H and O–H groups in total. The van der Waals surface area contributed by atoms with Gasteiger partial charge >= 0.3 is 0 Å². The Balaban J connectivity index is 2.05. The van der Waals surface area contributed by atoms with Crippen LogP contribution in [0.4, 0.5) is 0 Å². The lowest BCUT2D eigenvalue weighted by atomic mass is 9.84. The minimum Gasteiger partial charge on any atom is -0.294 e. The van der Waals surface area contributed by atoms with Gasteiger partial charge in [0.15, 0.2) is 5.78 Å². The van der Waals surface area contributed by atoms with Crippen molar-refractivity contribution in [2.24, 2.45) is 5.92 Å². The number of carbonyl (C=O) groups excluding carboxylic acids is 1. The van der Waals surface area contributed by atoms with Gasteiger partial charge in [-0.2, -0.15) is 0 Å². The molecule has 1 saturated carbocycles. The monoisotopic (exact) mass is 294 g/mol. The fourth-order valence-electron chi connectivity index (χ4n) is 2.66. The van der Waals surface area contributed by atoms with Crippen molar-refractivity contribution in [3.05, 3.63) is 33.8 Å². The molecule has 0 unspecified atom stereocenters. The number of rotatable bonds is 3. The molecule has 1 nitrogen and oxygen atoms in total. The van der Waals surface area contributed by atoms with Crippen LogP contribution in [0.15, 0.2) is 22.7 Å². The van der Waals surface area contributed by atoms with Crippen molar-refractivity contribution in [3.63, 3.8) is 0 Å². The third kappa shape index (κ3) is 3.41. The summed E-state index contributed by atoms with van der Waals surface area (Å²) in [6.07, 6.45) is 7.15. The van der Waals surface area contributed by atoms with Crippen molar-refractivity contribution in [1.82, 2.24) is 0 Å². The second-order valence-corrected chi connectivity index (χ2v) is 6.01. The number of ketones is 1. The Morgan fingerprint density at radius 3 is 2.71 bits per heavy atom. The van der Waals surface area contributed by atoms with Crippen LogP contribution < -0.4 is 0 Å². The molecule has 1 aromatic rings. The second kappa shape index (κ2) is 5.81. The van der Waals surface area contributed by atoms with Crippen LogP contribution in [0.1, 0.15) is 54.4 Å². The third-order valence-corrected chi connectivity index (χ3v) is 4.19. The summed E-state index contributed by atoms with van der Waals surface area (Å²) in [6, 6.07) is 5.96. The topological polar surface area (TPSA) is 17.1 Å². The molecular formula is C15H19BrO. The summed E-state index contributed by atoms with van der Waals surface area (Å²) in [6.45, 7) is 2.01. The molecule has 0 saturated heterocycles. The molecule has 0 heterocycles. The summed E-state index contributed by atoms with van der Waals surface area (Å²) in [4.78, 5) is 12.3. The van der Waals surface area contributed by atoms with E-state index >= 15 is 0 Å². The van der Waals surface area contributed by atoms with Gasteiger partial charge in [0.25, 0.3) is 0 Å². The number of benzene rings is 1. The van der Waals surface area contributed by atoms with E-state index < -0.39 is 0 Å². The summed E-state index contributed by atoms with van der Waals surface area (Å²) >= 11 is 3.44. The number of hydrogen-bond donors (Lipinski definition) is 0. The standard InChI is InChI=1S/C15H19BrO/c1-11-7-8-13(16)10-14(11)15(17)9-12-5-3-2-4-6-12/h7-8,10,12H,2-6,9H2,1H3. The number of carbonyl (C=O) groups is 1. The lowest BCUT2D eigenvalue weighted by Gasteiger charge is -2.21. The molecule has 0 atom stereocenters. The van der Waals surface area contributed by atoms with Crippen molar-refractivity contribution in [1.29, 1.82) is 0 Å². The number of aryl methyl sites for hydroxylation is 1. The quantitative estimate of drug-likeness (QED) is 0.724. The van der Waals surface area contributed by atoms with Crippen LogP contribution in [0.2, 0.25) is 0 Å². The smallest absolute Gasteiger partial charge is 0.163 e. The Hall–Kier alpha value is -0.630. The predicted octanol–water partition coefficient (Wildman–Crippen LogP) is 4.91. The molecule has 2 rings (SSSR count). The lowest BCUT2D eigenvalue weighted by Crippen LogP contribution is -2.13. The van der Waals surface area contributed by atoms with Gasteiger partial charge in [0.2, 0.25) is 0 Å². The highest BCUT2D eigenvalue weighted by molar-refractivity contribution is 9.10. The molecule has 17 heavy (non-hydrogen) atoms. The summed E-state index contributed by atoms with van der Waals surface area (Å²) in [5.41, 5.74) is 1.99. The van der Waals surface area contributed by atoms with E-state index in [1.807, 2.05) is 25.1 Å². The normalized spacial score (nSPS) is 17.1. The molecule has 0 spiro atoms. The van der Waals surface area contributed by atoms with Gasteiger partial charge < -0.3 is 0 Å². The van der Waals surface area contributed by atoms with Gasteiger partial charge in [-0.05, 0) is 30.5 Å². The van der Waals surface area contributed by atoms with E-state index in [1.54, 1.807) is 0 Å². The Bertz CT molecular complexity index is 405. The molecule has 1 aliphatic carbocycles. The van der Waals surface area contributed by atoms with Gasteiger partial charge in [-0.3, -0.25) is 4.79 Å². The van der Waals surface area contributed by atoms with Gasteiger partial charge in [-0.15, -0.1) is 0 Å². The third-order valence-electron chi connectivity index (χ3n) is 3.70. The van der Waals surface area contributed by atoms with Gasteiger partial charge in [0.1, 0.15) is 0 Å². The van der Waals surface area contributed by atoms with Crippen LogP contribution in [-0.2, 0) is 0 Å². The molecule has 92 valence electrons. The number of halogens is 1. The zero-order valence-corrected chi connectivity index (χ0v) is 11.9. The Kier molecular flexibility index (Phi) is 4.38. The Morgan fingerprint density at radius 1 is 1.29 bits per heavy atom. The van der Waals surface area contributed by atoms with Crippen LogP contribution in [0.5, 0.6) is 0 Å². The first-order valence-electron chi connectivity index (χ1n) is 6.46. The highest BCUT2D eigenvalue weighted by Crippen LogP contribution is 2.28. The molecule has 0 bridgehead atoms. The first kappa shape index (κ1) is 12.8. The maximum atomic E-state index is 12.3. The molecule has 0 aromatic heterocycles. The van der Waals surface area contributed by atoms with Crippen LogP contribution in [0.25, 0.3) is 0 Å². The van der Waals surface area contributed by atoms with E-state index in [2.05, 4.69) is 15.9 Å². The second-order valence-electron chi connectivity index (χ2n) is 5.09. The average Bonchev–Trinajstić information content (AvgIpc) is 2.33. The van der Waals surface area contributed by atoms with Gasteiger partial charge in [-0.25, -0.2) is 0 Å². The van der Waals surface area contributed by atoms with Crippen LogP contribution in [0.3, 0.4) is 0 Å². The van der Waals surface area contributed by atoms with Crippen molar-refractivity contribution < 1.29 is 4.79 Å². The maximum absolute atomic E-state index is 12.3. The average molecular weight is 295 g/mol. The highest BCUT2D eigenvalue weighted by Gasteiger charge is 2.19. The molecule has 0 radical (unpaired) electrons. The Morgan fingerprint density at radius 2 is 2.00 bits per heavy atom. The SMILES string of the molecule is Cc1ccc(Br)cc1C(=O)CC1CCCCC1. The largest absolute Gasteiger partial charge is 0.294 e. The summed E-state index contributed by atoms with van der Waals surface area (Å²) in [5, 5.41) is 0. The highest BCUT2D eigenvalue weighted by atomic mass is 79.9. The number of Topliss-reactive ketones (excluding diaryl/α,β-unsaturated/α-hetero) is 1. The fourth-order valence-corrected chi connectivity index (χ4v) is 3.02. The maximum Gasteiger partial charge on any atom is 0.163 e. The van der Waals surface area contributed by atoms with Crippen LogP contribution in [-0.4, -0.2) is 5.78 Å². The summed E-state index contributed by atoms with van der Waals surface area (Å²) in [5.74, 6) is 0.935. The minimum absolute atomic E-state index is 0.315. The van der Waals surface area contributed by atoms with E-state index in [0.29, 0.717) is 11.7 Å². The van der Waals surface area contributed by atoms with E-state index in [4.69, 9.17) is 0 Å². The lowest BCUT2D eigenvalue weighted by molar-refractivity contribution is 0.0949. The molecule has 2 heteroatoms. The first-order valence-corrected chi connectivity index (χ1v) is 7.25. The number of hydrogen-bond acceptors (Lipinski definition) is 1. The van der Waals surface area contributed by atoms with Crippen molar-refractivity contribution in [2.75, 3.05) is 0 Å². The molecule has 0 amide bonds. The van der Waals surface area contributed by atoms with Gasteiger partial charge in [0.05, 0.1) is 0 Å². The van der Waals surface area contributed by atoms with E-state index in [1.165, 1.54) is 32.1 Å². The van der Waals surface area contributed by atoms with E-state index in [9.17, 15) is 4.79 Å². The van der Waals surface area contributed by atoms with Crippen molar-refractivity contribution in [3.8, 4) is 0 Å².